The number of halogens is 4. The average molecular weight is 602 g/mol. The van der Waals surface area contributed by atoms with Crippen molar-refractivity contribution in [2.24, 2.45) is 0 Å². The van der Waals surface area contributed by atoms with Crippen molar-refractivity contribution in [2.75, 3.05) is 0 Å². The Labute approximate surface area is 176 Å². The van der Waals surface area contributed by atoms with Gasteiger partial charge >= 0.3 is 41.7 Å². The van der Waals surface area contributed by atoms with Crippen LogP contribution in [-0.4, -0.2) is 0 Å². The molecule has 0 radical (unpaired) electrons. The van der Waals surface area contributed by atoms with Gasteiger partial charge in [0.25, 0.3) is 0 Å². The summed E-state index contributed by atoms with van der Waals surface area (Å²) in [5, 5.41) is 34.2. The minimum absolute atomic E-state index is 0. The number of hydrogen-bond donors (Lipinski definition) is 0. The van der Waals surface area contributed by atoms with Gasteiger partial charge in [-0.3, -0.25) is 0 Å². The molecule has 25 heavy (non-hydrogen) atoms. The van der Waals surface area contributed by atoms with Crippen LogP contribution in [0.5, 0.6) is 0 Å². The van der Waals surface area contributed by atoms with Crippen LogP contribution in [-0.2, 0) is 17.8 Å². The molecular formula is CeCl4O20. The van der Waals surface area contributed by atoms with Crippen molar-refractivity contribution >= 4 is 0 Å². The first-order valence-corrected chi connectivity index (χ1v) is 8.07. The number of hydrogen-bond acceptors (Lipinski definition) is 20. The molecule has 0 aliphatic carbocycles. The zero-order chi connectivity index (χ0) is 20.8. The van der Waals surface area contributed by atoms with E-state index in [1.165, 1.54) is 0 Å². The Balaban J connectivity index is -0.0000000702. The van der Waals surface area contributed by atoms with Gasteiger partial charge in [0, 0.05) is 0 Å². The largest absolute Gasteiger partial charge is 4.00 e. The maximum atomic E-state index is 8.88. The van der Waals surface area contributed by atoms with Crippen molar-refractivity contribution in [2.45, 2.75) is 0 Å². The summed E-state index contributed by atoms with van der Waals surface area (Å²) < 4.78 is 115. The summed E-state index contributed by atoms with van der Waals surface area (Å²) in [6.45, 7) is 0. The first kappa shape index (κ1) is 37.5. The molecule has 0 aliphatic heterocycles. The zero-order valence-corrected chi connectivity index (χ0v) is 16.3. The van der Waals surface area contributed by atoms with Gasteiger partial charge in [0.2, 0.25) is 0 Å². The molecule has 0 fully saturated rings. The molecule has 0 saturated heterocycles. The standard InChI is InChI=1S/Ce.4ClHO5/c;4*2-1(3,4)6-5/h;4*5H/q+4;;;;/p-4. The second-order valence-corrected chi connectivity index (χ2v) is 5.29. The summed E-state index contributed by atoms with van der Waals surface area (Å²) in [4.78, 5) is 0. The molecule has 0 aliphatic rings. The molecule has 0 spiro atoms. The van der Waals surface area contributed by atoms with E-state index in [4.69, 9.17) is 76.9 Å². The van der Waals surface area contributed by atoms with Crippen molar-refractivity contribution in [1.29, 1.82) is 0 Å². The van der Waals surface area contributed by atoms with Crippen LogP contribution in [0.15, 0.2) is 0 Å². The summed E-state index contributed by atoms with van der Waals surface area (Å²) in [5.41, 5.74) is 0. The Kier molecular flexibility index (Phi) is 26.7. The molecule has 0 unspecified atom stereocenters. The molecule has 25 heteroatoms. The van der Waals surface area contributed by atoms with Gasteiger partial charge in [-0.1, -0.05) is 0 Å². The molecule has 0 aromatic rings. The molecule has 0 aromatic carbocycles. The second-order valence-electron chi connectivity index (χ2n) is 1.76. The number of rotatable bonds is 4. The first-order chi connectivity index (χ1) is 10.2. The van der Waals surface area contributed by atoms with Crippen LogP contribution in [0.2, 0.25) is 0 Å². The Morgan fingerprint density at radius 1 is 0.320 bits per heavy atom. The van der Waals surface area contributed by atoms with E-state index in [0.717, 1.165) is 0 Å². The third-order valence-electron chi connectivity index (χ3n) is 0.309. The predicted octanol–water partition coefficient (Wildman–Crippen LogP) is -19.3. The molecule has 0 bridgehead atoms. The van der Waals surface area contributed by atoms with Crippen LogP contribution in [0.25, 0.3) is 0 Å². The van der Waals surface area contributed by atoms with Crippen molar-refractivity contribution in [1.82, 2.24) is 0 Å². The van der Waals surface area contributed by atoms with E-state index in [9.17, 15) is 0 Å². The predicted molar refractivity (Wildman–Crippen MR) is 4.34 cm³/mol. The Morgan fingerprint density at radius 2 is 0.360 bits per heavy atom. The molecular weight excluding hydrogens is 602 g/mol. The van der Waals surface area contributed by atoms with Gasteiger partial charge in [0.05, 0.1) is 58.7 Å². The van der Waals surface area contributed by atoms with Crippen molar-refractivity contribution in [3.63, 3.8) is 0 Å². The molecule has 0 rings (SSSR count). The van der Waals surface area contributed by atoms with Gasteiger partial charge < -0.3 is 21.0 Å². The van der Waals surface area contributed by atoms with Crippen LogP contribution >= 0.6 is 0 Å². The summed E-state index contributed by atoms with van der Waals surface area (Å²) in [5.74, 6) is 0. The molecule has 152 valence electrons. The molecule has 0 aromatic heterocycles. The molecule has 0 N–H and O–H groups in total. The van der Waals surface area contributed by atoms with Gasteiger partial charge in [-0.25, -0.2) is 0 Å². The zero-order valence-electron chi connectivity index (χ0n) is 10.2. The van der Waals surface area contributed by atoms with E-state index < -0.39 is 41.0 Å². The van der Waals surface area contributed by atoms with Crippen LogP contribution in [0.4, 0.5) is 0 Å². The van der Waals surface area contributed by atoms with Crippen molar-refractivity contribution in [3.05, 3.63) is 0 Å². The van der Waals surface area contributed by atoms with E-state index >= 15 is 0 Å². The molecule has 0 heterocycles. The third-order valence-corrected chi connectivity index (χ3v) is 0.926. The Hall–Kier alpha value is 1.74. The van der Waals surface area contributed by atoms with Crippen LogP contribution in [0, 0.1) is 82.7 Å². The van der Waals surface area contributed by atoms with E-state index in [2.05, 4.69) is 17.8 Å². The van der Waals surface area contributed by atoms with E-state index in [1.54, 1.807) is 0 Å². The van der Waals surface area contributed by atoms with E-state index in [-0.39, 0.29) is 41.7 Å². The summed E-state index contributed by atoms with van der Waals surface area (Å²) in [7, 11) is -18.9. The van der Waals surface area contributed by atoms with Gasteiger partial charge in [0.15, 0.2) is 0 Å². The average Bonchev–Trinajstić information content (AvgIpc) is 2.37. The maximum absolute atomic E-state index is 8.88. The molecule has 0 saturated carbocycles. The Morgan fingerprint density at radius 3 is 0.360 bits per heavy atom. The molecule has 0 amide bonds. The second kappa shape index (κ2) is 17.8. The Bertz CT molecular complexity index is 197. The fourth-order valence-corrected chi connectivity index (χ4v) is 0. The quantitative estimate of drug-likeness (QED) is 0.213. The van der Waals surface area contributed by atoms with E-state index in [0.29, 0.717) is 0 Å². The van der Waals surface area contributed by atoms with Gasteiger partial charge in [-0.15, -0.1) is 0 Å². The normalized spacial score (nSPS) is 11.5. The smallest absolute Gasteiger partial charge is 0.577 e. The third kappa shape index (κ3) is 76.8. The topological polar surface area (TPSA) is 406 Å². The monoisotopic (exact) mass is 600 g/mol. The van der Waals surface area contributed by atoms with Gasteiger partial charge in [-0.2, -0.15) is 55.9 Å². The van der Waals surface area contributed by atoms with Crippen molar-refractivity contribution in [3.8, 4) is 0 Å². The van der Waals surface area contributed by atoms with Gasteiger partial charge in [-0.05, 0) is 0 Å². The molecule has 20 nitrogen and oxygen atoms in total. The summed E-state index contributed by atoms with van der Waals surface area (Å²) >= 11 is 0. The van der Waals surface area contributed by atoms with Crippen LogP contribution in [0.3, 0.4) is 0 Å². The summed E-state index contributed by atoms with van der Waals surface area (Å²) in [6, 6.07) is 0. The minimum Gasteiger partial charge on any atom is -0.577 e. The summed E-state index contributed by atoms with van der Waals surface area (Å²) in [6.07, 6.45) is 0. The molecule has 0 atom stereocenters. The SMILES string of the molecule is [Ce+4].[O-]O[Cl+3]([O-])([O-])[O-].[O-]O[Cl+3]([O-])([O-])[O-].[O-]O[Cl+3]([O-])([O-])[O-].[O-]O[Cl+3]([O-])([O-])[O-]. The van der Waals surface area contributed by atoms with Crippen LogP contribution in [0.1, 0.15) is 0 Å². The maximum Gasteiger partial charge on any atom is 4.00 e. The van der Waals surface area contributed by atoms with Crippen LogP contribution < -0.4 is 76.9 Å². The van der Waals surface area contributed by atoms with E-state index in [1.807, 2.05) is 0 Å². The minimum atomic E-state index is -4.73. The van der Waals surface area contributed by atoms with Crippen molar-refractivity contribution < 1.29 is 177 Å². The first-order valence-electron chi connectivity index (χ1n) is 3.14. The fraction of sp³-hybridized carbons (Fsp3) is 0. The van der Waals surface area contributed by atoms with Gasteiger partial charge in [0.1, 0.15) is 0 Å². The fourth-order valence-electron chi connectivity index (χ4n) is 0.